The van der Waals surface area contributed by atoms with Crippen molar-refractivity contribution in [1.29, 1.82) is 0 Å². The van der Waals surface area contributed by atoms with Crippen molar-refractivity contribution in [2.24, 2.45) is 0 Å². The van der Waals surface area contributed by atoms with Crippen LogP contribution in [0.25, 0.3) is 0 Å². The number of nitrogens with zero attached hydrogens (tertiary/aromatic N) is 1. The summed E-state index contributed by atoms with van der Waals surface area (Å²) in [6.45, 7) is 0.328. The van der Waals surface area contributed by atoms with Crippen LogP contribution in [0.1, 0.15) is 10.4 Å². The lowest BCUT2D eigenvalue weighted by atomic mass is 10.2. The van der Waals surface area contributed by atoms with E-state index in [4.69, 9.17) is 9.47 Å². The number of carbonyl (C=O) groups excluding carboxylic acids is 2. The number of carbonyl (C=O) groups is 2. The molecule has 1 amide bonds. The van der Waals surface area contributed by atoms with E-state index in [0.717, 1.165) is 0 Å². The fourth-order valence-electron chi connectivity index (χ4n) is 2.10. The molecule has 0 saturated carbocycles. The fourth-order valence-corrected chi connectivity index (χ4v) is 2.10. The van der Waals surface area contributed by atoms with E-state index in [1.165, 1.54) is 19.2 Å². The van der Waals surface area contributed by atoms with Gasteiger partial charge in [-0.15, -0.1) is 0 Å². The summed E-state index contributed by atoms with van der Waals surface area (Å²) in [5.41, 5.74) is 1.02. The minimum atomic E-state index is -0.600. The topological polar surface area (TPSA) is 120 Å². The summed E-state index contributed by atoms with van der Waals surface area (Å²) in [5.74, 6) is -0.413. The predicted octanol–water partition coefficient (Wildman–Crippen LogP) is 1.99. The third-order valence-electron chi connectivity index (χ3n) is 3.51. The maximum atomic E-state index is 11.8. The van der Waals surface area contributed by atoms with Crippen molar-refractivity contribution in [1.82, 2.24) is 5.32 Å². The first-order valence-corrected chi connectivity index (χ1v) is 8.06. The van der Waals surface area contributed by atoms with Gasteiger partial charge >= 0.3 is 5.97 Å². The highest BCUT2D eigenvalue weighted by Crippen LogP contribution is 2.15. The quantitative estimate of drug-likeness (QED) is 0.298. The van der Waals surface area contributed by atoms with Gasteiger partial charge in [-0.05, 0) is 36.4 Å². The number of methoxy groups -OCH3 is 1. The Kier molecular flexibility index (Phi) is 7.12. The molecule has 2 rings (SSSR count). The predicted molar refractivity (Wildman–Crippen MR) is 97.9 cm³/mol. The number of amides is 1. The van der Waals surface area contributed by atoms with E-state index < -0.39 is 16.8 Å². The molecule has 9 heteroatoms. The lowest BCUT2D eigenvalue weighted by Crippen LogP contribution is -2.32. The summed E-state index contributed by atoms with van der Waals surface area (Å²) in [6, 6.07) is 12.3. The molecule has 0 aliphatic carbocycles. The van der Waals surface area contributed by atoms with Gasteiger partial charge in [0.2, 0.25) is 0 Å². The van der Waals surface area contributed by atoms with Crippen molar-refractivity contribution < 1.29 is 24.0 Å². The molecule has 0 aliphatic heterocycles. The number of rotatable bonds is 9. The first-order valence-electron chi connectivity index (χ1n) is 8.06. The minimum absolute atomic E-state index is 0.00697. The molecule has 0 atom stereocenters. The van der Waals surface area contributed by atoms with Crippen LogP contribution in [0.2, 0.25) is 0 Å². The van der Waals surface area contributed by atoms with E-state index in [1.807, 2.05) is 0 Å². The van der Waals surface area contributed by atoms with Gasteiger partial charge in [-0.2, -0.15) is 0 Å². The third kappa shape index (κ3) is 6.31. The first-order chi connectivity index (χ1) is 13.0. The summed E-state index contributed by atoms with van der Waals surface area (Å²) in [6.07, 6.45) is 0. The maximum absolute atomic E-state index is 11.8. The fraction of sp³-hybridized carbons (Fsp3) is 0.222. The van der Waals surface area contributed by atoms with Gasteiger partial charge in [0.25, 0.3) is 11.6 Å². The van der Waals surface area contributed by atoms with Crippen LogP contribution >= 0.6 is 0 Å². The van der Waals surface area contributed by atoms with Crippen LogP contribution in [0, 0.1) is 10.1 Å². The van der Waals surface area contributed by atoms with Gasteiger partial charge in [0, 0.05) is 30.9 Å². The largest absolute Gasteiger partial charge is 0.497 e. The van der Waals surface area contributed by atoms with Gasteiger partial charge in [0.1, 0.15) is 5.75 Å². The summed E-state index contributed by atoms with van der Waals surface area (Å²) in [7, 11) is 1.52. The number of nitro benzene ring substituents is 1. The molecule has 9 nitrogen and oxygen atoms in total. The van der Waals surface area contributed by atoms with E-state index in [1.54, 1.807) is 36.4 Å². The van der Waals surface area contributed by atoms with Gasteiger partial charge in [0.05, 0.1) is 17.6 Å². The number of non-ortho nitro benzene ring substituents is 1. The number of hydrogen-bond acceptors (Lipinski definition) is 7. The zero-order valence-electron chi connectivity index (χ0n) is 14.6. The van der Waals surface area contributed by atoms with Gasteiger partial charge in [0.15, 0.2) is 6.61 Å². The zero-order valence-corrected chi connectivity index (χ0v) is 14.6. The SMILES string of the molecule is COc1ccc(C(=O)OCC(=O)NCCNc2ccc([N+](=O)[O-])cc2)cc1. The average molecular weight is 373 g/mol. The maximum Gasteiger partial charge on any atom is 0.338 e. The number of anilines is 1. The second kappa shape index (κ2) is 9.76. The molecule has 27 heavy (non-hydrogen) atoms. The lowest BCUT2D eigenvalue weighted by Gasteiger charge is -2.09. The standard InChI is InChI=1S/C18H19N3O6/c1-26-16-8-2-13(3-9-16)18(23)27-12-17(22)20-11-10-19-14-4-6-15(7-5-14)21(24)25/h2-9,19H,10-12H2,1H3,(H,20,22). The number of benzene rings is 2. The number of hydrogen-bond donors (Lipinski definition) is 2. The van der Waals surface area contributed by atoms with Crippen LogP contribution in [0.4, 0.5) is 11.4 Å². The third-order valence-corrected chi connectivity index (χ3v) is 3.51. The summed E-state index contributed by atoms with van der Waals surface area (Å²) < 4.78 is 9.94. The van der Waals surface area contributed by atoms with Crippen molar-refractivity contribution in [3.63, 3.8) is 0 Å². The molecule has 142 valence electrons. The van der Waals surface area contributed by atoms with Crippen molar-refractivity contribution in [2.45, 2.75) is 0 Å². The van der Waals surface area contributed by atoms with Gasteiger partial charge in [-0.1, -0.05) is 0 Å². The lowest BCUT2D eigenvalue weighted by molar-refractivity contribution is -0.384. The average Bonchev–Trinajstić information content (AvgIpc) is 2.69. The molecule has 0 unspecified atom stereocenters. The van der Waals surface area contributed by atoms with Crippen LogP contribution in [0.5, 0.6) is 5.75 Å². The molecule has 0 radical (unpaired) electrons. The summed E-state index contributed by atoms with van der Waals surface area (Å²) in [4.78, 5) is 33.6. The van der Waals surface area contributed by atoms with Crippen LogP contribution in [0.15, 0.2) is 48.5 Å². The molecule has 0 saturated heterocycles. The van der Waals surface area contributed by atoms with Crippen LogP contribution < -0.4 is 15.4 Å². The Morgan fingerprint density at radius 3 is 2.30 bits per heavy atom. The molecule has 2 N–H and O–H groups in total. The Balaban J connectivity index is 1.65. The summed E-state index contributed by atoms with van der Waals surface area (Å²) in [5, 5.41) is 16.2. The minimum Gasteiger partial charge on any atom is -0.497 e. The first kappa shape index (κ1) is 19.7. The normalized spacial score (nSPS) is 9.96. The number of esters is 1. The Hall–Kier alpha value is -3.62. The van der Waals surface area contributed by atoms with E-state index in [-0.39, 0.29) is 12.3 Å². The highest BCUT2D eigenvalue weighted by Gasteiger charge is 2.10. The molecule has 2 aromatic carbocycles. The smallest absolute Gasteiger partial charge is 0.338 e. The summed E-state index contributed by atoms with van der Waals surface area (Å²) >= 11 is 0. The van der Waals surface area contributed by atoms with Gasteiger partial charge in [-0.25, -0.2) is 4.79 Å². The molecule has 0 aliphatic rings. The van der Waals surface area contributed by atoms with Crippen LogP contribution in [-0.2, 0) is 9.53 Å². The van der Waals surface area contributed by atoms with Gasteiger partial charge in [-0.3, -0.25) is 14.9 Å². The number of nitro groups is 1. The van der Waals surface area contributed by atoms with E-state index in [2.05, 4.69) is 10.6 Å². The van der Waals surface area contributed by atoms with Crippen molar-refractivity contribution in [3.05, 3.63) is 64.2 Å². The number of nitrogens with one attached hydrogen (secondary N) is 2. The van der Waals surface area contributed by atoms with E-state index in [0.29, 0.717) is 30.1 Å². The second-order valence-corrected chi connectivity index (χ2v) is 5.39. The monoisotopic (exact) mass is 373 g/mol. The molecule has 0 heterocycles. The Labute approximate surface area is 155 Å². The Morgan fingerprint density at radius 2 is 1.70 bits per heavy atom. The van der Waals surface area contributed by atoms with E-state index >= 15 is 0 Å². The van der Waals surface area contributed by atoms with E-state index in [9.17, 15) is 19.7 Å². The Morgan fingerprint density at radius 1 is 1.04 bits per heavy atom. The highest BCUT2D eigenvalue weighted by molar-refractivity contribution is 5.91. The molecular weight excluding hydrogens is 354 g/mol. The van der Waals surface area contributed by atoms with Crippen molar-refractivity contribution >= 4 is 23.3 Å². The molecule has 2 aromatic rings. The zero-order chi connectivity index (χ0) is 19.6. The van der Waals surface area contributed by atoms with Crippen LogP contribution in [-0.4, -0.2) is 43.6 Å². The van der Waals surface area contributed by atoms with Crippen molar-refractivity contribution in [2.75, 3.05) is 32.1 Å². The highest BCUT2D eigenvalue weighted by atomic mass is 16.6. The number of ether oxygens (including phenoxy) is 2. The molecule has 0 spiro atoms. The van der Waals surface area contributed by atoms with Gasteiger partial charge < -0.3 is 20.1 Å². The molecule has 0 aromatic heterocycles. The second-order valence-electron chi connectivity index (χ2n) is 5.39. The Bertz CT molecular complexity index is 790. The van der Waals surface area contributed by atoms with Crippen LogP contribution in [0.3, 0.4) is 0 Å². The molecular formula is C18H19N3O6. The molecule has 0 fully saturated rings. The van der Waals surface area contributed by atoms with Crippen molar-refractivity contribution in [3.8, 4) is 5.75 Å². The molecule has 0 bridgehead atoms.